The van der Waals surface area contributed by atoms with Crippen molar-refractivity contribution in [3.05, 3.63) is 71.3 Å². The van der Waals surface area contributed by atoms with Crippen molar-refractivity contribution < 1.29 is 13.9 Å². The summed E-state index contributed by atoms with van der Waals surface area (Å²) in [7, 11) is 3.34. The Morgan fingerprint density at radius 3 is 2.42 bits per heavy atom. The molecule has 5 nitrogen and oxygen atoms in total. The molecule has 1 atom stereocenters. The fourth-order valence-electron chi connectivity index (χ4n) is 4.87. The fourth-order valence-corrected chi connectivity index (χ4v) is 4.87. The van der Waals surface area contributed by atoms with Gasteiger partial charge in [0, 0.05) is 23.9 Å². The van der Waals surface area contributed by atoms with Crippen molar-refractivity contribution >= 4 is 5.65 Å². The standard InChI is InChI=1S/C27H28FN3O2/c1-4-17-5-14-24-22(15-17)26(19-6-10-20(28)11-7-19)29-27-25(23(16-32-2)30-31(24)27)18-8-12-21(33-3)13-9-18/h6-13,17H,4-5,14-16H2,1-3H3/t17-/m1/s1. The Balaban J connectivity index is 1.79. The number of halogens is 1. The maximum Gasteiger partial charge on any atom is 0.164 e. The van der Waals surface area contributed by atoms with Crippen molar-refractivity contribution in [3.8, 4) is 28.1 Å². The van der Waals surface area contributed by atoms with Crippen LogP contribution >= 0.6 is 0 Å². The van der Waals surface area contributed by atoms with Gasteiger partial charge in [0.2, 0.25) is 0 Å². The van der Waals surface area contributed by atoms with Crippen molar-refractivity contribution in [2.24, 2.45) is 5.92 Å². The van der Waals surface area contributed by atoms with Crippen LogP contribution in [-0.2, 0) is 24.2 Å². The molecule has 0 N–H and O–H groups in total. The van der Waals surface area contributed by atoms with Crippen LogP contribution in [0.3, 0.4) is 0 Å². The third-order valence-corrected chi connectivity index (χ3v) is 6.68. The van der Waals surface area contributed by atoms with E-state index < -0.39 is 0 Å². The Hall–Kier alpha value is -3.25. The molecule has 2 aromatic heterocycles. The molecule has 0 spiro atoms. The normalized spacial score (nSPS) is 15.6. The molecule has 0 radical (unpaired) electrons. The lowest BCUT2D eigenvalue weighted by atomic mass is 9.83. The lowest BCUT2D eigenvalue weighted by Crippen LogP contribution is -2.19. The molecule has 0 saturated heterocycles. The highest BCUT2D eigenvalue weighted by molar-refractivity contribution is 5.82. The van der Waals surface area contributed by atoms with Crippen LogP contribution in [0.4, 0.5) is 4.39 Å². The number of nitrogens with zero attached hydrogens (tertiary/aromatic N) is 3. The van der Waals surface area contributed by atoms with Crippen LogP contribution in [0.25, 0.3) is 28.0 Å². The Kier molecular flexibility index (Phi) is 5.85. The van der Waals surface area contributed by atoms with E-state index in [0.717, 1.165) is 65.2 Å². The zero-order valence-electron chi connectivity index (χ0n) is 19.3. The third kappa shape index (κ3) is 3.89. The summed E-state index contributed by atoms with van der Waals surface area (Å²) < 4.78 is 26.5. The second-order valence-corrected chi connectivity index (χ2v) is 8.63. The molecular weight excluding hydrogens is 417 g/mol. The molecule has 4 aromatic rings. The van der Waals surface area contributed by atoms with Crippen LogP contribution in [0.1, 0.15) is 36.7 Å². The largest absolute Gasteiger partial charge is 0.497 e. The topological polar surface area (TPSA) is 48.7 Å². The molecule has 2 heterocycles. The van der Waals surface area contributed by atoms with E-state index in [9.17, 15) is 4.39 Å². The van der Waals surface area contributed by atoms with Gasteiger partial charge < -0.3 is 9.47 Å². The highest BCUT2D eigenvalue weighted by Crippen LogP contribution is 2.38. The van der Waals surface area contributed by atoms with Gasteiger partial charge in [0.15, 0.2) is 5.65 Å². The SMILES string of the molecule is CC[C@@H]1CCc2c(c(-c3ccc(F)cc3)nc3c(-c4ccc(OC)cc4)c(COC)nn23)C1. The van der Waals surface area contributed by atoms with Crippen LogP contribution in [0.15, 0.2) is 48.5 Å². The molecule has 2 aromatic carbocycles. The first kappa shape index (κ1) is 21.6. The molecule has 0 saturated carbocycles. The van der Waals surface area contributed by atoms with Crippen molar-refractivity contribution in [1.82, 2.24) is 14.6 Å². The van der Waals surface area contributed by atoms with E-state index in [0.29, 0.717) is 12.5 Å². The number of ether oxygens (including phenoxy) is 2. The van der Waals surface area contributed by atoms with Crippen LogP contribution in [0.5, 0.6) is 5.75 Å². The van der Waals surface area contributed by atoms with Gasteiger partial charge in [-0.3, -0.25) is 0 Å². The van der Waals surface area contributed by atoms with Gasteiger partial charge in [-0.25, -0.2) is 13.9 Å². The fraction of sp³-hybridized carbons (Fsp3) is 0.333. The van der Waals surface area contributed by atoms with E-state index in [1.807, 2.05) is 40.9 Å². The number of hydrogen-bond acceptors (Lipinski definition) is 4. The Bertz CT molecular complexity index is 1280. The first-order chi connectivity index (χ1) is 16.1. The molecule has 6 heteroatoms. The molecule has 170 valence electrons. The van der Waals surface area contributed by atoms with Gasteiger partial charge in [-0.15, -0.1) is 0 Å². The number of hydrogen-bond donors (Lipinski definition) is 0. The first-order valence-corrected chi connectivity index (χ1v) is 11.5. The van der Waals surface area contributed by atoms with Gasteiger partial charge in [0.25, 0.3) is 0 Å². The Labute approximate surface area is 193 Å². The molecule has 1 aliphatic carbocycles. The van der Waals surface area contributed by atoms with Crippen molar-refractivity contribution in [3.63, 3.8) is 0 Å². The molecule has 1 aliphatic rings. The van der Waals surface area contributed by atoms with Gasteiger partial charge in [-0.1, -0.05) is 25.5 Å². The summed E-state index contributed by atoms with van der Waals surface area (Å²) in [5.74, 6) is 1.17. The predicted molar refractivity (Wildman–Crippen MR) is 127 cm³/mol. The van der Waals surface area contributed by atoms with Crippen LogP contribution in [-0.4, -0.2) is 28.8 Å². The lowest BCUT2D eigenvalue weighted by Gasteiger charge is -2.26. The molecule has 0 fully saturated rings. The summed E-state index contributed by atoms with van der Waals surface area (Å²) in [6.07, 6.45) is 4.16. The van der Waals surface area contributed by atoms with Crippen molar-refractivity contribution in [2.75, 3.05) is 14.2 Å². The maximum absolute atomic E-state index is 13.7. The predicted octanol–water partition coefficient (Wildman–Crippen LogP) is 5.87. The van der Waals surface area contributed by atoms with Crippen molar-refractivity contribution in [1.29, 1.82) is 0 Å². The summed E-state index contributed by atoms with van der Waals surface area (Å²) in [6.45, 7) is 2.63. The van der Waals surface area contributed by atoms with Gasteiger partial charge in [0.05, 0.1) is 30.7 Å². The number of methoxy groups -OCH3 is 2. The molecule has 5 rings (SSSR count). The number of benzene rings is 2. The smallest absolute Gasteiger partial charge is 0.164 e. The van der Waals surface area contributed by atoms with E-state index in [4.69, 9.17) is 19.6 Å². The van der Waals surface area contributed by atoms with Gasteiger partial charge in [-0.2, -0.15) is 5.10 Å². The first-order valence-electron chi connectivity index (χ1n) is 11.5. The second-order valence-electron chi connectivity index (χ2n) is 8.63. The van der Waals surface area contributed by atoms with Crippen molar-refractivity contribution in [2.45, 2.75) is 39.2 Å². The lowest BCUT2D eigenvalue weighted by molar-refractivity contribution is 0.181. The van der Waals surface area contributed by atoms with Crippen LogP contribution in [0, 0.1) is 11.7 Å². The minimum Gasteiger partial charge on any atom is -0.497 e. The number of aryl methyl sites for hydroxylation is 1. The molecular formula is C27H28FN3O2. The van der Waals surface area contributed by atoms with E-state index in [-0.39, 0.29) is 5.82 Å². The summed E-state index contributed by atoms with van der Waals surface area (Å²) in [4.78, 5) is 5.17. The molecule has 0 unspecified atom stereocenters. The maximum atomic E-state index is 13.7. The third-order valence-electron chi connectivity index (χ3n) is 6.68. The summed E-state index contributed by atoms with van der Waals surface area (Å²) in [5, 5.41) is 4.97. The quantitative estimate of drug-likeness (QED) is 0.372. The summed E-state index contributed by atoms with van der Waals surface area (Å²) >= 11 is 0. The summed E-state index contributed by atoms with van der Waals surface area (Å²) in [5.41, 5.74) is 7.91. The number of aromatic nitrogens is 3. The monoisotopic (exact) mass is 445 g/mol. The van der Waals surface area contributed by atoms with E-state index >= 15 is 0 Å². The van der Waals surface area contributed by atoms with E-state index in [1.54, 1.807) is 14.2 Å². The zero-order chi connectivity index (χ0) is 22.9. The Morgan fingerprint density at radius 2 is 1.76 bits per heavy atom. The minimum atomic E-state index is -0.245. The molecule has 0 aliphatic heterocycles. The average Bonchev–Trinajstić information content (AvgIpc) is 3.22. The van der Waals surface area contributed by atoms with E-state index in [2.05, 4.69) is 6.92 Å². The molecule has 0 bridgehead atoms. The molecule has 0 amide bonds. The second kappa shape index (κ2) is 8.94. The van der Waals surface area contributed by atoms with Gasteiger partial charge in [0.1, 0.15) is 11.6 Å². The van der Waals surface area contributed by atoms with Crippen LogP contribution < -0.4 is 4.74 Å². The average molecular weight is 446 g/mol. The zero-order valence-corrected chi connectivity index (χ0v) is 19.3. The van der Waals surface area contributed by atoms with Gasteiger partial charge >= 0.3 is 0 Å². The Morgan fingerprint density at radius 1 is 1.03 bits per heavy atom. The molecule has 33 heavy (non-hydrogen) atoms. The minimum absolute atomic E-state index is 0.245. The van der Waals surface area contributed by atoms with Crippen LogP contribution in [0.2, 0.25) is 0 Å². The van der Waals surface area contributed by atoms with E-state index in [1.165, 1.54) is 23.4 Å². The number of rotatable bonds is 6. The number of fused-ring (bicyclic) bond motifs is 3. The van der Waals surface area contributed by atoms with Gasteiger partial charge in [-0.05, 0) is 67.1 Å². The summed E-state index contributed by atoms with van der Waals surface area (Å²) in [6, 6.07) is 14.6. The highest BCUT2D eigenvalue weighted by Gasteiger charge is 2.27. The highest BCUT2D eigenvalue weighted by atomic mass is 19.1.